The lowest BCUT2D eigenvalue weighted by atomic mass is 10.2. The third-order valence-electron chi connectivity index (χ3n) is 2.21. The Kier molecular flexibility index (Phi) is 4.65. The molecule has 0 radical (unpaired) electrons. The van der Waals surface area contributed by atoms with Gasteiger partial charge in [-0.05, 0) is 32.0 Å². The Bertz CT molecular complexity index is 463. The van der Waals surface area contributed by atoms with Crippen LogP contribution in [0.5, 0.6) is 0 Å². The second-order valence-corrected chi connectivity index (χ2v) is 3.68. The van der Waals surface area contributed by atoms with Gasteiger partial charge in [-0.1, -0.05) is 0 Å². The molecule has 0 aliphatic rings. The third kappa shape index (κ3) is 3.44. The fraction of sp³-hybridized carbons (Fsp3) is 0.333. The maximum atomic E-state index is 13.4. The Morgan fingerprint density at radius 3 is 2.78 bits per heavy atom. The van der Waals surface area contributed by atoms with Crippen LogP contribution in [0, 0.1) is 5.82 Å². The van der Waals surface area contributed by atoms with E-state index < -0.39 is 23.8 Å². The normalized spacial score (nSPS) is 11.7. The van der Waals surface area contributed by atoms with Gasteiger partial charge in [0.05, 0.1) is 5.56 Å². The number of nitrogens with one attached hydrogen (secondary N) is 1. The van der Waals surface area contributed by atoms with Crippen LogP contribution in [0.3, 0.4) is 0 Å². The predicted molar refractivity (Wildman–Crippen MR) is 64.4 cm³/mol. The van der Waals surface area contributed by atoms with E-state index in [4.69, 9.17) is 10.5 Å². The molecule has 0 heterocycles. The molecule has 18 heavy (non-hydrogen) atoms. The highest BCUT2D eigenvalue weighted by atomic mass is 19.1. The molecule has 1 aromatic carbocycles. The molecule has 0 fully saturated rings. The highest BCUT2D eigenvalue weighted by molar-refractivity contribution is 5.93. The van der Waals surface area contributed by atoms with Crippen molar-refractivity contribution in [1.29, 1.82) is 0 Å². The number of hydrogen-bond acceptors (Lipinski definition) is 4. The SMILES string of the molecule is CCNC(=O)C(C)OC(=O)c1cc(N)ccc1F. The first kappa shape index (κ1) is 14.0. The molecular weight excluding hydrogens is 239 g/mol. The fourth-order valence-corrected chi connectivity index (χ4v) is 1.29. The van der Waals surface area contributed by atoms with E-state index in [0.29, 0.717) is 6.54 Å². The molecule has 3 N–H and O–H groups in total. The van der Waals surface area contributed by atoms with Crippen LogP contribution >= 0.6 is 0 Å². The molecule has 5 nitrogen and oxygen atoms in total. The first-order chi connectivity index (χ1) is 8.45. The van der Waals surface area contributed by atoms with Crippen LogP contribution in [0.25, 0.3) is 0 Å². The molecule has 0 saturated heterocycles. The molecular formula is C12H15FN2O3. The number of esters is 1. The average Bonchev–Trinajstić information content (AvgIpc) is 2.32. The van der Waals surface area contributed by atoms with Crippen molar-refractivity contribution < 1.29 is 18.7 Å². The number of nitrogens with two attached hydrogens (primary N) is 1. The first-order valence-corrected chi connectivity index (χ1v) is 5.49. The zero-order valence-electron chi connectivity index (χ0n) is 10.2. The lowest BCUT2D eigenvalue weighted by molar-refractivity contribution is -0.128. The standard InChI is InChI=1S/C12H15FN2O3/c1-3-15-11(16)7(2)18-12(17)9-6-8(14)4-5-10(9)13/h4-7H,3,14H2,1-2H3,(H,15,16). The Morgan fingerprint density at radius 2 is 2.17 bits per heavy atom. The number of carbonyl (C=O) groups is 2. The van der Waals surface area contributed by atoms with Gasteiger partial charge in [0, 0.05) is 12.2 Å². The Hall–Kier alpha value is -2.11. The molecule has 0 saturated carbocycles. The number of anilines is 1. The Balaban J connectivity index is 2.76. The van der Waals surface area contributed by atoms with E-state index in [9.17, 15) is 14.0 Å². The van der Waals surface area contributed by atoms with E-state index >= 15 is 0 Å². The van der Waals surface area contributed by atoms with E-state index in [-0.39, 0.29) is 11.3 Å². The van der Waals surface area contributed by atoms with Crippen LogP contribution in [-0.2, 0) is 9.53 Å². The summed E-state index contributed by atoms with van der Waals surface area (Å²) in [6, 6.07) is 3.57. The summed E-state index contributed by atoms with van der Waals surface area (Å²) in [5, 5.41) is 2.49. The van der Waals surface area contributed by atoms with E-state index in [1.807, 2.05) is 0 Å². The van der Waals surface area contributed by atoms with Crippen LogP contribution < -0.4 is 11.1 Å². The summed E-state index contributed by atoms with van der Waals surface area (Å²) in [7, 11) is 0. The van der Waals surface area contributed by atoms with Gasteiger partial charge in [0.2, 0.25) is 0 Å². The second-order valence-electron chi connectivity index (χ2n) is 3.68. The molecule has 98 valence electrons. The summed E-state index contributed by atoms with van der Waals surface area (Å²) >= 11 is 0. The molecule has 1 rings (SSSR count). The maximum Gasteiger partial charge on any atom is 0.341 e. The van der Waals surface area contributed by atoms with Crippen molar-refractivity contribution in [2.75, 3.05) is 12.3 Å². The van der Waals surface area contributed by atoms with Gasteiger partial charge in [0.25, 0.3) is 5.91 Å². The summed E-state index contributed by atoms with van der Waals surface area (Å²) in [6.07, 6.45) is -0.988. The number of rotatable bonds is 4. The largest absolute Gasteiger partial charge is 0.449 e. The minimum absolute atomic E-state index is 0.244. The molecule has 1 atom stereocenters. The van der Waals surface area contributed by atoms with Crippen molar-refractivity contribution in [3.63, 3.8) is 0 Å². The van der Waals surface area contributed by atoms with Gasteiger partial charge in [-0.3, -0.25) is 4.79 Å². The molecule has 0 aliphatic carbocycles. The molecule has 1 unspecified atom stereocenters. The number of hydrogen-bond donors (Lipinski definition) is 2. The van der Waals surface area contributed by atoms with Crippen molar-refractivity contribution >= 4 is 17.6 Å². The molecule has 0 aliphatic heterocycles. The monoisotopic (exact) mass is 254 g/mol. The average molecular weight is 254 g/mol. The van der Waals surface area contributed by atoms with Crippen molar-refractivity contribution in [3.05, 3.63) is 29.6 Å². The van der Waals surface area contributed by atoms with Gasteiger partial charge >= 0.3 is 5.97 Å². The maximum absolute atomic E-state index is 13.4. The topological polar surface area (TPSA) is 81.4 Å². The highest BCUT2D eigenvalue weighted by Gasteiger charge is 2.20. The number of likely N-dealkylation sites (N-methyl/N-ethyl adjacent to an activating group) is 1. The van der Waals surface area contributed by atoms with Crippen LogP contribution in [0.4, 0.5) is 10.1 Å². The van der Waals surface area contributed by atoms with Crippen LogP contribution in [0.2, 0.25) is 0 Å². The van der Waals surface area contributed by atoms with E-state index in [1.165, 1.54) is 19.1 Å². The summed E-state index contributed by atoms with van der Waals surface area (Å²) in [5.74, 6) is -2.09. The molecule has 6 heteroatoms. The zero-order chi connectivity index (χ0) is 13.7. The number of nitrogen functional groups attached to an aromatic ring is 1. The van der Waals surface area contributed by atoms with Crippen molar-refractivity contribution in [3.8, 4) is 0 Å². The van der Waals surface area contributed by atoms with Crippen molar-refractivity contribution in [2.45, 2.75) is 20.0 Å². The van der Waals surface area contributed by atoms with Crippen molar-refractivity contribution in [2.24, 2.45) is 0 Å². The quantitative estimate of drug-likeness (QED) is 0.622. The van der Waals surface area contributed by atoms with Gasteiger partial charge in [0.1, 0.15) is 5.82 Å². The van der Waals surface area contributed by atoms with E-state index in [0.717, 1.165) is 6.07 Å². The van der Waals surface area contributed by atoms with Gasteiger partial charge in [-0.15, -0.1) is 0 Å². The zero-order valence-corrected chi connectivity index (χ0v) is 10.2. The smallest absolute Gasteiger partial charge is 0.341 e. The van der Waals surface area contributed by atoms with E-state index in [1.54, 1.807) is 6.92 Å². The number of halogens is 1. The third-order valence-corrected chi connectivity index (χ3v) is 2.21. The number of benzene rings is 1. The number of ether oxygens (including phenoxy) is 1. The van der Waals surface area contributed by atoms with Gasteiger partial charge in [-0.25, -0.2) is 9.18 Å². The Labute approximate surface area is 104 Å². The fourth-order valence-electron chi connectivity index (χ4n) is 1.29. The van der Waals surface area contributed by atoms with Crippen LogP contribution in [-0.4, -0.2) is 24.5 Å². The second kappa shape index (κ2) is 6.00. The lowest BCUT2D eigenvalue weighted by Gasteiger charge is -2.13. The molecule has 1 amide bonds. The number of carbonyl (C=O) groups excluding carboxylic acids is 2. The van der Waals surface area contributed by atoms with Gasteiger partial charge in [0.15, 0.2) is 6.10 Å². The number of amides is 1. The highest BCUT2D eigenvalue weighted by Crippen LogP contribution is 2.14. The van der Waals surface area contributed by atoms with Crippen molar-refractivity contribution in [1.82, 2.24) is 5.32 Å². The molecule has 1 aromatic rings. The Morgan fingerprint density at radius 1 is 1.50 bits per heavy atom. The minimum Gasteiger partial charge on any atom is -0.449 e. The summed E-state index contributed by atoms with van der Waals surface area (Å²) < 4.78 is 18.2. The first-order valence-electron chi connectivity index (χ1n) is 5.49. The molecule has 0 aromatic heterocycles. The summed E-state index contributed by atoms with van der Waals surface area (Å²) in [4.78, 5) is 23.0. The molecule has 0 bridgehead atoms. The van der Waals surface area contributed by atoms with E-state index in [2.05, 4.69) is 5.32 Å². The predicted octanol–water partition coefficient (Wildman–Crippen LogP) is 1.09. The van der Waals surface area contributed by atoms with Gasteiger partial charge < -0.3 is 15.8 Å². The van der Waals surface area contributed by atoms with Crippen LogP contribution in [0.1, 0.15) is 24.2 Å². The van der Waals surface area contributed by atoms with Gasteiger partial charge in [-0.2, -0.15) is 0 Å². The summed E-state index contributed by atoms with van der Waals surface area (Å²) in [6.45, 7) is 3.57. The van der Waals surface area contributed by atoms with Crippen LogP contribution in [0.15, 0.2) is 18.2 Å². The minimum atomic E-state index is -0.988. The lowest BCUT2D eigenvalue weighted by Crippen LogP contribution is -2.35. The summed E-state index contributed by atoms with van der Waals surface area (Å²) in [5.41, 5.74) is 5.41. The molecule has 0 spiro atoms.